The van der Waals surface area contributed by atoms with Crippen LogP contribution < -0.4 is 0 Å². The topological polar surface area (TPSA) is 70.4 Å². The Balaban J connectivity index is 2.24. The summed E-state index contributed by atoms with van der Waals surface area (Å²) in [5.41, 5.74) is 1.57. The smallest absolute Gasteiger partial charge is 0.191 e. The lowest BCUT2D eigenvalue weighted by molar-refractivity contribution is -0.154. The molecule has 0 spiro atoms. The number of hydrogen-bond acceptors (Lipinski definition) is 4. The molecule has 0 bridgehead atoms. The molecule has 0 amide bonds. The van der Waals surface area contributed by atoms with Crippen molar-refractivity contribution in [2.24, 2.45) is 0 Å². The Morgan fingerprint density at radius 1 is 1.29 bits per heavy atom. The van der Waals surface area contributed by atoms with Crippen molar-refractivity contribution < 1.29 is 15.0 Å². The molecule has 1 aromatic heterocycles. The van der Waals surface area contributed by atoms with Crippen molar-refractivity contribution in [2.45, 2.75) is 25.0 Å². The number of aromatic nitrogens is 1. The zero-order valence-corrected chi connectivity index (χ0v) is 7.71. The van der Waals surface area contributed by atoms with Gasteiger partial charge in [0.2, 0.25) is 0 Å². The summed E-state index contributed by atoms with van der Waals surface area (Å²) in [5, 5.41) is 18.7. The Labute approximate surface area is 81.2 Å². The average molecular weight is 193 g/mol. The minimum Gasteiger partial charge on any atom is -0.384 e. The number of aliphatic hydroxyl groups excluding tert-OH is 2. The van der Waals surface area contributed by atoms with Gasteiger partial charge in [-0.1, -0.05) is 6.07 Å². The van der Waals surface area contributed by atoms with Gasteiger partial charge in [-0.15, -0.1) is 0 Å². The minimum absolute atomic E-state index is 0.504. The number of Topliss-reactive ketones (excluding diaryl/α,β-unsaturated/α-hetero) is 1. The van der Waals surface area contributed by atoms with E-state index in [4.69, 9.17) is 0 Å². The van der Waals surface area contributed by atoms with E-state index in [0.29, 0.717) is 5.56 Å². The van der Waals surface area contributed by atoms with Gasteiger partial charge >= 0.3 is 0 Å². The molecule has 1 aliphatic carbocycles. The number of pyridine rings is 1. The predicted octanol–water partition coefficient (Wildman–Crippen LogP) is -0.222. The van der Waals surface area contributed by atoms with Gasteiger partial charge in [-0.3, -0.25) is 9.78 Å². The molecule has 0 radical (unpaired) electrons. The van der Waals surface area contributed by atoms with E-state index < -0.39 is 23.9 Å². The van der Waals surface area contributed by atoms with Gasteiger partial charge < -0.3 is 10.2 Å². The van der Waals surface area contributed by atoms with Crippen molar-refractivity contribution >= 4 is 5.78 Å². The average Bonchev–Trinajstić information content (AvgIpc) is 2.21. The van der Waals surface area contributed by atoms with Crippen LogP contribution in [0.4, 0.5) is 0 Å². The Hall–Kier alpha value is -1.26. The summed E-state index contributed by atoms with van der Waals surface area (Å²) in [4.78, 5) is 14.9. The molecule has 4 heteroatoms. The monoisotopic (exact) mass is 193 g/mol. The minimum atomic E-state index is -1.07. The van der Waals surface area contributed by atoms with Crippen molar-refractivity contribution in [2.75, 3.05) is 0 Å². The highest BCUT2D eigenvalue weighted by Gasteiger charge is 2.48. The summed E-state index contributed by atoms with van der Waals surface area (Å²) in [6.45, 7) is 1.85. The maximum absolute atomic E-state index is 10.9. The number of carbonyl (C=O) groups excluding carboxylic acids is 1. The van der Waals surface area contributed by atoms with Crippen LogP contribution in [0, 0.1) is 6.92 Å². The van der Waals surface area contributed by atoms with Gasteiger partial charge in [0.15, 0.2) is 5.78 Å². The molecule has 2 N–H and O–H groups in total. The Morgan fingerprint density at radius 2 is 1.93 bits per heavy atom. The Kier molecular flexibility index (Phi) is 2.09. The van der Waals surface area contributed by atoms with Crippen molar-refractivity contribution in [3.63, 3.8) is 0 Å². The molecule has 0 aliphatic heterocycles. The van der Waals surface area contributed by atoms with Gasteiger partial charge in [0.05, 0.1) is 5.92 Å². The van der Waals surface area contributed by atoms with E-state index in [1.165, 1.54) is 0 Å². The highest BCUT2D eigenvalue weighted by molar-refractivity contribution is 5.95. The zero-order valence-electron chi connectivity index (χ0n) is 7.71. The van der Waals surface area contributed by atoms with E-state index >= 15 is 0 Å². The lowest BCUT2D eigenvalue weighted by atomic mass is 9.73. The first-order valence-corrected chi connectivity index (χ1v) is 4.43. The second-order valence-electron chi connectivity index (χ2n) is 3.55. The lowest BCUT2D eigenvalue weighted by Crippen LogP contribution is -2.54. The van der Waals surface area contributed by atoms with Crippen LogP contribution >= 0.6 is 0 Å². The highest BCUT2D eigenvalue weighted by Crippen LogP contribution is 2.34. The summed E-state index contributed by atoms with van der Waals surface area (Å²) >= 11 is 0. The summed E-state index contributed by atoms with van der Waals surface area (Å²) in [6, 6.07) is 3.56. The van der Waals surface area contributed by atoms with E-state index in [-0.39, 0.29) is 0 Å². The summed E-state index contributed by atoms with van der Waals surface area (Å²) in [6.07, 6.45) is -0.567. The van der Waals surface area contributed by atoms with E-state index in [1.807, 2.05) is 6.92 Å². The van der Waals surface area contributed by atoms with Gasteiger partial charge in [0, 0.05) is 11.9 Å². The van der Waals surface area contributed by atoms with Gasteiger partial charge in [-0.2, -0.15) is 0 Å². The van der Waals surface area contributed by atoms with Crippen molar-refractivity contribution in [1.82, 2.24) is 4.98 Å². The van der Waals surface area contributed by atoms with E-state index in [0.717, 1.165) is 5.69 Å². The van der Waals surface area contributed by atoms with Gasteiger partial charge in [-0.25, -0.2) is 0 Å². The fourth-order valence-electron chi connectivity index (χ4n) is 1.62. The fourth-order valence-corrected chi connectivity index (χ4v) is 1.62. The van der Waals surface area contributed by atoms with E-state index in [2.05, 4.69) is 4.98 Å². The fraction of sp³-hybridized carbons (Fsp3) is 0.400. The lowest BCUT2D eigenvalue weighted by Gasteiger charge is -2.36. The summed E-state index contributed by atoms with van der Waals surface area (Å²) < 4.78 is 0. The van der Waals surface area contributed by atoms with Crippen LogP contribution in [0.15, 0.2) is 18.3 Å². The third-order valence-electron chi connectivity index (χ3n) is 2.58. The van der Waals surface area contributed by atoms with Crippen LogP contribution in [0.25, 0.3) is 0 Å². The summed E-state index contributed by atoms with van der Waals surface area (Å²) in [7, 11) is 0. The number of aliphatic hydroxyl groups is 2. The molecule has 4 nitrogen and oxygen atoms in total. The molecule has 1 fully saturated rings. The zero-order chi connectivity index (χ0) is 10.3. The number of aryl methyl sites for hydroxylation is 1. The molecule has 0 aromatic carbocycles. The highest BCUT2D eigenvalue weighted by atomic mass is 16.3. The second-order valence-corrected chi connectivity index (χ2v) is 3.55. The first-order valence-electron chi connectivity index (χ1n) is 4.43. The molecule has 2 atom stereocenters. The number of rotatable bonds is 1. The first kappa shape index (κ1) is 9.30. The quantitative estimate of drug-likeness (QED) is 0.646. The molecule has 1 aromatic rings. The maximum Gasteiger partial charge on any atom is 0.191 e. The molecule has 2 rings (SSSR count). The third kappa shape index (κ3) is 1.23. The van der Waals surface area contributed by atoms with Gasteiger partial charge in [0.25, 0.3) is 0 Å². The molecular weight excluding hydrogens is 182 g/mol. The SMILES string of the molecule is Cc1ccc(C2C(O)C(=O)C2O)cn1. The number of carbonyl (C=O) groups is 1. The van der Waals surface area contributed by atoms with Crippen molar-refractivity contribution in [3.8, 4) is 0 Å². The first-order chi connectivity index (χ1) is 6.61. The Bertz CT molecular complexity index is 348. The normalized spacial score (nSPS) is 31.4. The number of hydrogen-bond donors (Lipinski definition) is 2. The van der Waals surface area contributed by atoms with Crippen LogP contribution in [0.2, 0.25) is 0 Å². The van der Waals surface area contributed by atoms with Crippen molar-refractivity contribution in [3.05, 3.63) is 29.6 Å². The third-order valence-corrected chi connectivity index (χ3v) is 2.58. The Morgan fingerprint density at radius 3 is 2.43 bits per heavy atom. The molecule has 1 saturated carbocycles. The molecule has 14 heavy (non-hydrogen) atoms. The van der Waals surface area contributed by atoms with Gasteiger partial charge in [0.1, 0.15) is 12.2 Å². The molecule has 2 unspecified atom stereocenters. The van der Waals surface area contributed by atoms with Crippen molar-refractivity contribution in [1.29, 1.82) is 0 Å². The van der Waals surface area contributed by atoms with Gasteiger partial charge in [-0.05, 0) is 18.6 Å². The maximum atomic E-state index is 10.9. The molecular formula is C10H11NO3. The molecule has 1 heterocycles. The molecule has 0 saturated heterocycles. The standard InChI is InChI=1S/C10H11NO3/c1-5-2-3-6(4-11-5)7-8(12)10(14)9(7)13/h2-4,7-9,12-13H,1H3. The predicted molar refractivity (Wildman–Crippen MR) is 48.7 cm³/mol. The number of ketones is 1. The molecule has 74 valence electrons. The van der Waals surface area contributed by atoms with Crippen LogP contribution in [0.5, 0.6) is 0 Å². The van der Waals surface area contributed by atoms with Crippen LogP contribution in [0.1, 0.15) is 17.2 Å². The summed E-state index contributed by atoms with van der Waals surface area (Å²) in [5.74, 6) is -1.01. The van der Waals surface area contributed by atoms with Crippen LogP contribution in [-0.2, 0) is 4.79 Å². The molecule has 1 aliphatic rings. The van der Waals surface area contributed by atoms with E-state index in [1.54, 1.807) is 18.3 Å². The van der Waals surface area contributed by atoms with E-state index in [9.17, 15) is 15.0 Å². The number of nitrogens with zero attached hydrogens (tertiary/aromatic N) is 1. The second kappa shape index (κ2) is 3.15. The largest absolute Gasteiger partial charge is 0.384 e. The van der Waals surface area contributed by atoms with Crippen LogP contribution in [0.3, 0.4) is 0 Å². The van der Waals surface area contributed by atoms with Crippen LogP contribution in [-0.4, -0.2) is 33.2 Å².